The van der Waals surface area contributed by atoms with E-state index in [0.717, 1.165) is 13.0 Å². The summed E-state index contributed by atoms with van der Waals surface area (Å²) in [5, 5.41) is 14.1. The number of hydrogen-bond acceptors (Lipinski definition) is 3. The molecule has 0 aliphatic rings. The molecule has 0 fully saturated rings. The van der Waals surface area contributed by atoms with Crippen LogP contribution in [-0.2, 0) is 17.8 Å². The van der Waals surface area contributed by atoms with Crippen molar-refractivity contribution in [1.29, 1.82) is 0 Å². The Balaban J connectivity index is 2.26. The monoisotopic (exact) mass is 293 g/mol. The van der Waals surface area contributed by atoms with Crippen LogP contribution in [0.5, 0.6) is 0 Å². The van der Waals surface area contributed by atoms with Gasteiger partial charge in [0.1, 0.15) is 12.2 Å². The van der Waals surface area contributed by atoms with E-state index >= 15 is 0 Å². The third-order valence-electron chi connectivity index (χ3n) is 3.07. The average molecular weight is 294 g/mol. The Morgan fingerprint density at radius 2 is 2.30 bits per heavy atom. The van der Waals surface area contributed by atoms with Crippen LogP contribution < -0.4 is 0 Å². The lowest BCUT2D eigenvalue weighted by Gasteiger charge is -2.13. The Kier molecular flexibility index (Phi) is 4.74. The first kappa shape index (κ1) is 14.5. The van der Waals surface area contributed by atoms with E-state index in [0.29, 0.717) is 22.8 Å². The van der Waals surface area contributed by atoms with Crippen LogP contribution in [0.25, 0.3) is 0 Å². The van der Waals surface area contributed by atoms with E-state index in [4.69, 9.17) is 11.6 Å². The summed E-state index contributed by atoms with van der Waals surface area (Å²) in [4.78, 5) is 15.7. The standard InChI is InChI=1S/C14H16ClN3O2/c1-2-6-18-13(16-9-17-18)8-12(14(19)20)10-4-3-5-11(15)7-10/h3-5,7,9,12H,2,6,8H2,1H3,(H,19,20). The first-order chi connectivity index (χ1) is 9.61. The molecule has 106 valence electrons. The molecule has 1 N–H and O–H groups in total. The first-order valence-corrected chi connectivity index (χ1v) is 6.84. The second-order valence-corrected chi connectivity index (χ2v) is 4.99. The number of halogens is 1. The number of hydrogen-bond donors (Lipinski definition) is 1. The van der Waals surface area contributed by atoms with Gasteiger partial charge in [-0.05, 0) is 24.1 Å². The molecular weight excluding hydrogens is 278 g/mol. The quantitative estimate of drug-likeness (QED) is 0.889. The fraction of sp³-hybridized carbons (Fsp3) is 0.357. The van der Waals surface area contributed by atoms with Crippen molar-refractivity contribution >= 4 is 17.6 Å². The third-order valence-corrected chi connectivity index (χ3v) is 3.30. The highest BCUT2D eigenvalue weighted by molar-refractivity contribution is 6.30. The van der Waals surface area contributed by atoms with Crippen molar-refractivity contribution in [1.82, 2.24) is 14.8 Å². The van der Waals surface area contributed by atoms with E-state index < -0.39 is 11.9 Å². The molecule has 0 bridgehead atoms. The fourth-order valence-electron chi connectivity index (χ4n) is 2.10. The topological polar surface area (TPSA) is 68.0 Å². The van der Waals surface area contributed by atoms with Gasteiger partial charge in [-0.3, -0.25) is 9.48 Å². The second-order valence-electron chi connectivity index (χ2n) is 4.55. The smallest absolute Gasteiger partial charge is 0.311 e. The molecule has 0 aliphatic heterocycles. The van der Waals surface area contributed by atoms with Gasteiger partial charge in [0, 0.05) is 18.0 Å². The zero-order valence-electron chi connectivity index (χ0n) is 11.2. The number of benzene rings is 1. The van der Waals surface area contributed by atoms with E-state index in [1.54, 1.807) is 28.9 Å². The van der Waals surface area contributed by atoms with E-state index in [2.05, 4.69) is 10.1 Å². The van der Waals surface area contributed by atoms with Crippen molar-refractivity contribution in [3.05, 3.63) is 47.0 Å². The van der Waals surface area contributed by atoms with E-state index in [1.807, 2.05) is 6.92 Å². The molecule has 1 atom stereocenters. The molecule has 1 unspecified atom stereocenters. The van der Waals surface area contributed by atoms with Gasteiger partial charge in [0.25, 0.3) is 0 Å². The van der Waals surface area contributed by atoms with Gasteiger partial charge >= 0.3 is 5.97 Å². The third kappa shape index (κ3) is 3.36. The Labute approximate surface area is 122 Å². The summed E-state index contributed by atoms with van der Waals surface area (Å²) < 4.78 is 1.75. The van der Waals surface area contributed by atoms with Crippen LogP contribution in [0.1, 0.15) is 30.7 Å². The molecule has 0 aliphatic carbocycles. The van der Waals surface area contributed by atoms with Crippen molar-refractivity contribution < 1.29 is 9.90 Å². The van der Waals surface area contributed by atoms with Crippen LogP contribution in [0.15, 0.2) is 30.6 Å². The highest BCUT2D eigenvalue weighted by Crippen LogP contribution is 2.23. The van der Waals surface area contributed by atoms with Gasteiger partial charge in [-0.2, -0.15) is 5.10 Å². The minimum absolute atomic E-state index is 0.301. The lowest BCUT2D eigenvalue weighted by atomic mass is 9.95. The number of aromatic nitrogens is 3. The van der Waals surface area contributed by atoms with Crippen LogP contribution in [0.3, 0.4) is 0 Å². The molecule has 0 amide bonds. The Morgan fingerprint density at radius 3 is 2.95 bits per heavy atom. The average Bonchev–Trinajstić information content (AvgIpc) is 2.83. The summed E-state index contributed by atoms with van der Waals surface area (Å²) in [5.74, 6) is -0.883. The number of carbonyl (C=O) groups is 1. The number of rotatable bonds is 6. The van der Waals surface area contributed by atoms with E-state index in [-0.39, 0.29) is 0 Å². The summed E-state index contributed by atoms with van der Waals surface area (Å²) in [6, 6.07) is 6.93. The normalized spacial score (nSPS) is 12.3. The maximum atomic E-state index is 11.5. The van der Waals surface area contributed by atoms with Gasteiger partial charge in [0.05, 0.1) is 5.92 Å². The molecular formula is C14H16ClN3O2. The summed E-state index contributed by atoms with van der Waals surface area (Å²) in [5.41, 5.74) is 0.677. The Bertz CT molecular complexity index is 598. The minimum atomic E-state index is -0.890. The predicted octanol–water partition coefficient (Wildman–Crippen LogP) is 2.75. The van der Waals surface area contributed by atoms with Crippen molar-refractivity contribution in [3.8, 4) is 0 Å². The SMILES string of the molecule is CCCn1ncnc1CC(C(=O)O)c1cccc(Cl)c1. The van der Waals surface area contributed by atoms with Gasteiger partial charge < -0.3 is 5.11 Å². The van der Waals surface area contributed by atoms with E-state index in [1.165, 1.54) is 6.33 Å². The maximum absolute atomic E-state index is 11.5. The highest BCUT2D eigenvalue weighted by Gasteiger charge is 2.23. The first-order valence-electron chi connectivity index (χ1n) is 6.46. The molecule has 5 nitrogen and oxygen atoms in total. The van der Waals surface area contributed by atoms with E-state index in [9.17, 15) is 9.90 Å². The number of carboxylic acid groups (broad SMARTS) is 1. The second kappa shape index (κ2) is 6.52. The molecule has 20 heavy (non-hydrogen) atoms. The Morgan fingerprint density at radius 1 is 1.50 bits per heavy atom. The van der Waals surface area contributed by atoms with Crippen LogP contribution in [0.2, 0.25) is 5.02 Å². The molecule has 1 heterocycles. The summed E-state index contributed by atoms with van der Waals surface area (Å²) in [6.07, 6.45) is 2.68. The predicted molar refractivity (Wildman–Crippen MR) is 75.8 cm³/mol. The summed E-state index contributed by atoms with van der Waals surface area (Å²) in [6.45, 7) is 2.77. The zero-order chi connectivity index (χ0) is 14.5. The van der Waals surface area contributed by atoms with Crippen molar-refractivity contribution in [2.24, 2.45) is 0 Å². The molecule has 1 aromatic heterocycles. The number of carboxylic acids is 1. The molecule has 0 saturated carbocycles. The van der Waals surface area contributed by atoms with Crippen molar-refractivity contribution in [2.45, 2.75) is 32.2 Å². The van der Waals surface area contributed by atoms with Gasteiger partial charge in [0.15, 0.2) is 0 Å². The number of aliphatic carboxylic acids is 1. The molecule has 1 aromatic carbocycles. The van der Waals surface area contributed by atoms with Gasteiger partial charge in [0.2, 0.25) is 0 Å². The van der Waals surface area contributed by atoms with Crippen LogP contribution >= 0.6 is 11.6 Å². The lowest BCUT2D eigenvalue weighted by Crippen LogP contribution is -2.17. The molecule has 0 spiro atoms. The number of aryl methyl sites for hydroxylation is 1. The zero-order valence-corrected chi connectivity index (χ0v) is 11.9. The molecule has 0 saturated heterocycles. The highest BCUT2D eigenvalue weighted by atomic mass is 35.5. The van der Waals surface area contributed by atoms with Crippen molar-refractivity contribution in [3.63, 3.8) is 0 Å². The van der Waals surface area contributed by atoms with Crippen molar-refractivity contribution in [2.75, 3.05) is 0 Å². The molecule has 6 heteroatoms. The largest absolute Gasteiger partial charge is 0.481 e. The van der Waals surface area contributed by atoms with Gasteiger partial charge in [-0.1, -0.05) is 30.7 Å². The van der Waals surface area contributed by atoms with Gasteiger partial charge in [-0.15, -0.1) is 0 Å². The maximum Gasteiger partial charge on any atom is 0.311 e. The lowest BCUT2D eigenvalue weighted by molar-refractivity contribution is -0.138. The fourth-order valence-corrected chi connectivity index (χ4v) is 2.30. The molecule has 0 radical (unpaired) electrons. The summed E-state index contributed by atoms with van der Waals surface area (Å²) >= 11 is 5.93. The van der Waals surface area contributed by atoms with Crippen LogP contribution in [0, 0.1) is 0 Å². The molecule has 2 aromatic rings. The van der Waals surface area contributed by atoms with Crippen LogP contribution in [0.4, 0.5) is 0 Å². The van der Waals surface area contributed by atoms with Gasteiger partial charge in [-0.25, -0.2) is 4.98 Å². The number of nitrogens with zero attached hydrogens (tertiary/aromatic N) is 3. The van der Waals surface area contributed by atoms with Crippen LogP contribution in [-0.4, -0.2) is 25.8 Å². The molecule has 2 rings (SSSR count). The Hall–Kier alpha value is -1.88. The minimum Gasteiger partial charge on any atom is -0.481 e. The summed E-state index contributed by atoms with van der Waals surface area (Å²) in [7, 11) is 0.